The lowest BCUT2D eigenvalue weighted by atomic mass is 10.1. The average molecular weight is 369 g/mol. The van der Waals surface area contributed by atoms with Crippen molar-refractivity contribution in [3.8, 4) is 0 Å². The lowest BCUT2D eigenvalue weighted by molar-refractivity contribution is -0.145. The minimum absolute atomic E-state index is 0.0705. The highest BCUT2D eigenvalue weighted by Crippen LogP contribution is 2.13. The third kappa shape index (κ3) is 15.2. The first kappa shape index (κ1) is 23.0. The van der Waals surface area contributed by atoms with Gasteiger partial charge in [0.2, 0.25) is 0 Å². The van der Waals surface area contributed by atoms with E-state index in [2.05, 4.69) is 0 Å². The van der Waals surface area contributed by atoms with Crippen molar-refractivity contribution in [2.24, 2.45) is 0 Å². The molecule has 0 N–H and O–H groups in total. The standard InChI is InChI=1S/C22H40O4/c23-21-17-13-9-10-14-18-22(24)26-20-16-12-8-6-4-2-1-3-5-7-11-15-19-25-21/h1-20H2. The Morgan fingerprint density at radius 2 is 0.654 bits per heavy atom. The summed E-state index contributed by atoms with van der Waals surface area (Å²) in [5.74, 6) is -0.141. The largest absolute Gasteiger partial charge is 0.466 e. The number of carbonyl (C=O) groups is 2. The van der Waals surface area contributed by atoms with E-state index in [1.807, 2.05) is 0 Å². The third-order valence-corrected chi connectivity index (χ3v) is 5.08. The number of hydrogen-bond donors (Lipinski definition) is 0. The number of esters is 2. The molecule has 1 aliphatic rings. The van der Waals surface area contributed by atoms with Gasteiger partial charge in [-0.05, 0) is 25.7 Å². The topological polar surface area (TPSA) is 52.6 Å². The van der Waals surface area contributed by atoms with Crippen LogP contribution in [0, 0.1) is 0 Å². The summed E-state index contributed by atoms with van der Waals surface area (Å²) in [5.41, 5.74) is 0. The zero-order valence-electron chi connectivity index (χ0n) is 16.8. The molecule has 0 saturated carbocycles. The summed E-state index contributed by atoms with van der Waals surface area (Å²) in [6, 6.07) is 0. The summed E-state index contributed by atoms with van der Waals surface area (Å²) in [4.78, 5) is 23.3. The maximum atomic E-state index is 11.6. The fourth-order valence-corrected chi connectivity index (χ4v) is 3.38. The molecule has 4 heteroatoms. The molecule has 1 saturated heterocycles. The highest BCUT2D eigenvalue weighted by atomic mass is 16.5. The van der Waals surface area contributed by atoms with Crippen LogP contribution in [0.3, 0.4) is 0 Å². The molecule has 0 aromatic heterocycles. The van der Waals surface area contributed by atoms with E-state index in [-0.39, 0.29) is 11.9 Å². The van der Waals surface area contributed by atoms with E-state index in [4.69, 9.17) is 9.47 Å². The number of rotatable bonds is 0. The van der Waals surface area contributed by atoms with Crippen LogP contribution in [-0.2, 0) is 19.1 Å². The van der Waals surface area contributed by atoms with Crippen molar-refractivity contribution in [1.82, 2.24) is 0 Å². The molecule has 0 atom stereocenters. The van der Waals surface area contributed by atoms with Gasteiger partial charge < -0.3 is 9.47 Å². The number of cyclic esters (lactones) is 2. The maximum absolute atomic E-state index is 11.6. The van der Waals surface area contributed by atoms with Gasteiger partial charge in [0.1, 0.15) is 0 Å². The summed E-state index contributed by atoms with van der Waals surface area (Å²) in [5, 5.41) is 0. The molecule has 0 unspecified atom stereocenters. The van der Waals surface area contributed by atoms with Crippen molar-refractivity contribution in [2.45, 2.75) is 116 Å². The predicted molar refractivity (Wildman–Crippen MR) is 105 cm³/mol. The zero-order chi connectivity index (χ0) is 18.7. The highest BCUT2D eigenvalue weighted by molar-refractivity contribution is 5.69. The van der Waals surface area contributed by atoms with E-state index >= 15 is 0 Å². The molecule has 0 radical (unpaired) electrons. The van der Waals surface area contributed by atoms with Crippen LogP contribution >= 0.6 is 0 Å². The second kappa shape index (κ2) is 17.4. The maximum Gasteiger partial charge on any atom is 0.305 e. The molecule has 26 heavy (non-hydrogen) atoms. The normalized spacial score (nSPS) is 22.6. The van der Waals surface area contributed by atoms with Crippen LogP contribution in [0.4, 0.5) is 0 Å². The summed E-state index contributed by atoms with van der Waals surface area (Å²) in [6.45, 7) is 1.15. The van der Waals surface area contributed by atoms with Gasteiger partial charge in [0.15, 0.2) is 0 Å². The lowest BCUT2D eigenvalue weighted by Crippen LogP contribution is -2.06. The summed E-state index contributed by atoms with van der Waals surface area (Å²) < 4.78 is 10.6. The van der Waals surface area contributed by atoms with Crippen LogP contribution in [0.25, 0.3) is 0 Å². The number of ether oxygens (including phenoxy) is 2. The first-order valence-electron chi connectivity index (χ1n) is 11.1. The molecule has 0 bridgehead atoms. The Morgan fingerprint density at radius 1 is 0.385 bits per heavy atom. The Labute approximate surface area is 160 Å². The van der Waals surface area contributed by atoms with Gasteiger partial charge in [-0.3, -0.25) is 9.59 Å². The van der Waals surface area contributed by atoms with E-state index < -0.39 is 0 Å². The van der Waals surface area contributed by atoms with Crippen molar-refractivity contribution < 1.29 is 19.1 Å². The molecule has 152 valence electrons. The number of carbonyl (C=O) groups excluding carboxylic acids is 2. The van der Waals surface area contributed by atoms with E-state index in [0.29, 0.717) is 26.1 Å². The van der Waals surface area contributed by atoms with Crippen LogP contribution in [-0.4, -0.2) is 25.2 Å². The van der Waals surface area contributed by atoms with E-state index in [9.17, 15) is 9.59 Å². The summed E-state index contributed by atoms with van der Waals surface area (Å²) in [6.07, 6.45) is 19.5. The molecule has 0 aromatic carbocycles. The Hall–Kier alpha value is -1.06. The molecule has 1 rings (SSSR count). The monoisotopic (exact) mass is 368 g/mol. The van der Waals surface area contributed by atoms with Gasteiger partial charge in [0.05, 0.1) is 13.2 Å². The van der Waals surface area contributed by atoms with Gasteiger partial charge in [-0.25, -0.2) is 0 Å². The minimum atomic E-state index is -0.0705. The average Bonchev–Trinajstić information content (AvgIpc) is 2.63. The number of hydrogen-bond acceptors (Lipinski definition) is 4. The molecule has 1 heterocycles. The van der Waals surface area contributed by atoms with Crippen molar-refractivity contribution >= 4 is 11.9 Å². The summed E-state index contributed by atoms with van der Waals surface area (Å²) >= 11 is 0. The van der Waals surface area contributed by atoms with Gasteiger partial charge in [-0.15, -0.1) is 0 Å². The fourth-order valence-electron chi connectivity index (χ4n) is 3.38. The van der Waals surface area contributed by atoms with Crippen molar-refractivity contribution in [3.63, 3.8) is 0 Å². The molecular formula is C22H40O4. The Kier molecular flexibility index (Phi) is 15.3. The van der Waals surface area contributed by atoms with Gasteiger partial charge in [-0.2, -0.15) is 0 Å². The summed E-state index contributed by atoms with van der Waals surface area (Å²) in [7, 11) is 0. The van der Waals surface area contributed by atoms with Gasteiger partial charge in [0.25, 0.3) is 0 Å². The van der Waals surface area contributed by atoms with Gasteiger partial charge >= 0.3 is 11.9 Å². The van der Waals surface area contributed by atoms with Crippen molar-refractivity contribution in [2.75, 3.05) is 13.2 Å². The second-order valence-corrected chi connectivity index (χ2v) is 7.60. The van der Waals surface area contributed by atoms with E-state index in [0.717, 1.165) is 38.5 Å². The third-order valence-electron chi connectivity index (χ3n) is 5.08. The second-order valence-electron chi connectivity index (χ2n) is 7.60. The molecule has 1 fully saturated rings. The molecule has 1 aliphatic heterocycles. The lowest BCUT2D eigenvalue weighted by Gasteiger charge is -2.07. The smallest absolute Gasteiger partial charge is 0.305 e. The first-order chi connectivity index (χ1) is 12.8. The Balaban J connectivity index is 2.15. The van der Waals surface area contributed by atoms with Crippen LogP contribution < -0.4 is 0 Å². The quantitative estimate of drug-likeness (QED) is 0.484. The fraction of sp³-hybridized carbons (Fsp3) is 0.909. The predicted octanol–water partition coefficient (Wildman–Crippen LogP) is 6.11. The van der Waals surface area contributed by atoms with Crippen LogP contribution in [0.2, 0.25) is 0 Å². The van der Waals surface area contributed by atoms with E-state index in [1.54, 1.807) is 0 Å². The highest BCUT2D eigenvalue weighted by Gasteiger charge is 2.05. The molecule has 0 aromatic rings. The Morgan fingerprint density at radius 3 is 1.00 bits per heavy atom. The molecule has 0 aliphatic carbocycles. The first-order valence-corrected chi connectivity index (χ1v) is 11.1. The Bertz CT molecular complexity index is 320. The molecule has 4 nitrogen and oxygen atoms in total. The van der Waals surface area contributed by atoms with Gasteiger partial charge in [-0.1, -0.05) is 77.0 Å². The van der Waals surface area contributed by atoms with E-state index in [1.165, 1.54) is 64.2 Å². The minimum Gasteiger partial charge on any atom is -0.466 e. The van der Waals surface area contributed by atoms with Crippen LogP contribution in [0.5, 0.6) is 0 Å². The molecule has 0 amide bonds. The SMILES string of the molecule is O=C1CCCCCCC(=O)OCCCCCCCCCCCCCCO1. The van der Waals surface area contributed by atoms with Crippen molar-refractivity contribution in [1.29, 1.82) is 0 Å². The molecule has 0 spiro atoms. The molecular weight excluding hydrogens is 328 g/mol. The van der Waals surface area contributed by atoms with Crippen molar-refractivity contribution in [3.05, 3.63) is 0 Å². The van der Waals surface area contributed by atoms with Crippen LogP contribution in [0.15, 0.2) is 0 Å². The zero-order valence-corrected chi connectivity index (χ0v) is 16.8. The van der Waals surface area contributed by atoms with Gasteiger partial charge in [0, 0.05) is 12.8 Å². The van der Waals surface area contributed by atoms with Crippen LogP contribution in [0.1, 0.15) is 116 Å².